The molecule has 0 saturated heterocycles. The molecule has 1 amide bonds. The largest absolute Gasteiger partial charge is 0.381 e. The van der Waals surface area contributed by atoms with E-state index in [1.807, 2.05) is 30.3 Å². The molecule has 2 aromatic rings. The van der Waals surface area contributed by atoms with Gasteiger partial charge in [0.25, 0.3) is 11.7 Å². The van der Waals surface area contributed by atoms with Crippen LogP contribution in [0.25, 0.3) is 5.69 Å². The third-order valence-electron chi connectivity index (χ3n) is 4.53. The van der Waals surface area contributed by atoms with E-state index in [-0.39, 0.29) is 0 Å². The Kier molecular flexibility index (Phi) is 5.83. The van der Waals surface area contributed by atoms with Crippen molar-refractivity contribution >= 4 is 11.7 Å². The number of nitrogens with zero attached hydrogens (tertiary/aromatic N) is 2. The molecule has 3 rings (SSSR count). The molecule has 1 saturated carbocycles. The number of nitrogens with one attached hydrogen (secondary N) is 1. The van der Waals surface area contributed by atoms with Gasteiger partial charge in [0.2, 0.25) is 0 Å². The van der Waals surface area contributed by atoms with Crippen molar-refractivity contribution in [1.29, 1.82) is 0 Å². The number of hydrogen-bond acceptors (Lipinski definition) is 4. The predicted octanol–water partition coefficient (Wildman–Crippen LogP) is 2.60. The number of para-hydroxylation sites is 1. The zero-order valence-electron chi connectivity index (χ0n) is 15.3. The molecule has 0 unspecified atom stereocenters. The highest BCUT2D eigenvalue weighted by Gasteiger charge is 2.25. The van der Waals surface area contributed by atoms with Crippen LogP contribution in [0.1, 0.15) is 41.0 Å². The third-order valence-corrected chi connectivity index (χ3v) is 4.53. The van der Waals surface area contributed by atoms with E-state index in [2.05, 4.69) is 10.4 Å². The summed E-state index contributed by atoms with van der Waals surface area (Å²) >= 11 is 0. The zero-order chi connectivity index (χ0) is 18.5. The van der Waals surface area contributed by atoms with Gasteiger partial charge in [0, 0.05) is 19.8 Å². The van der Waals surface area contributed by atoms with Crippen molar-refractivity contribution in [3.63, 3.8) is 0 Å². The Bertz CT molecular complexity index is 779. The summed E-state index contributed by atoms with van der Waals surface area (Å²) in [6.45, 7) is 5.40. The summed E-state index contributed by atoms with van der Waals surface area (Å²) in [6, 6.07) is 9.56. The molecular weight excluding hydrogens is 330 g/mol. The van der Waals surface area contributed by atoms with Crippen LogP contribution in [0, 0.1) is 19.8 Å². The maximum Gasteiger partial charge on any atom is 0.292 e. The lowest BCUT2D eigenvalue weighted by Crippen LogP contribution is -2.32. The SMILES string of the molecule is Cc1nn(-c2ccccc2)c(C)c1C(=O)C(=O)NCCCOCC1CC1. The summed E-state index contributed by atoms with van der Waals surface area (Å²) in [4.78, 5) is 24.8. The molecule has 138 valence electrons. The van der Waals surface area contributed by atoms with Gasteiger partial charge in [-0.25, -0.2) is 4.68 Å². The Hall–Kier alpha value is -2.47. The minimum Gasteiger partial charge on any atom is -0.381 e. The fourth-order valence-corrected chi connectivity index (χ4v) is 2.90. The molecule has 0 bridgehead atoms. The molecule has 0 aliphatic heterocycles. The van der Waals surface area contributed by atoms with Gasteiger partial charge in [-0.15, -0.1) is 0 Å². The summed E-state index contributed by atoms with van der Waals surface area (Å²) in [5.41, 5.74) is 2.46. The maximum atomic E-state index is 12.6. The van der Waals surface area contributed by atoms with Gasteiger partial charge in [0.1, 0.15) is 0 Å². The number of ether oxygens (including phenoxy) is 1. The van der Waals surface area contributed by atoms with E-state index in [9.17, 15) is 9.59 Å². The van der Waals surface area contributed by atoms with Crippen LogP contribution in [0.15, 0.2) is 30.3 Å². The molecule has 26 heavy (non-hydrogen) atoms. The van der Waals surface area contributed by atoms with E-state index in [1.54, 1.807) is 18.5 Å². The smallest absolute Gasteiger partial charge is 0.292 e. The number of carbonyl (C=O) groups excluding carboxylic acids is 2. The first-order valence-electron chi connectivity index (χ1n) is 9.10. The highest BCUT2D eigenvalue weighted by atomic mass is 16.5. The summed E-state index contributed by atoms with van der Waals surface area (Å²) in [5, 5.41) is 7.11. The number of ketones is 1. The van der Waals surface area contributed by atoms with E-state index >= 15 is 0 Å². The van der Waals surface area contributed by atoms with Crippen LogP contribution in [0.4, 0.5) is 0 Å². The van der Waals surface area contributed by atoms with Gasteiger partial charge in [-0.1, -0.05) is 18.2 Å². The molecule has 0 atom stereocenters. The van der Waals surface area contributed by atoms with Crippen LogP contribution >= 0.6 is 0 Å². The Morgan fingerprint density at radius 2 is 1.96 bits per heavy atom. The topological polar surface area (TPSA) is 73.2 Å². The maximum absolute atomic E-state index is 12.6. The molecule has 6 heteroatoms. The normalized spacial score (nSPS) is 13.6. The van der Waals surface area contributed by atoms with Gasteiger partial charge in [-0.2, -0.15) is 5.10 Å². The van der Waals surface area contributed by atoms with Gasteiger partial charge in [-0.3, -0.25) is 9.59 Å². The molecule has 1 fully saturated rings. The van der Waals surface area contributed by atoms with Gasteiger partial charge < -0.3 is 10.1 Å². The summed E-state index contributed by atoms with van der Waals surface area (Å²) in [5.74, 6) is -0.398. The molecule has 0 spiro atoms. The number of rotatable bonds is 9. The van der Waals surface area contributed by atoms with Gasteiger partial charge in [0.05, 0.1) is 22.6 Å². The first-order chi connectivity index (χ1) is 12.6. The predicted molar refractivity (Wildman–Crippen MR) is 98.5 cm³/mol. The van der Waals surface area contributed by atoms with Crippen molar-refractivity contribution in [2.45, 2.75) is 33.1 Å². The van der Waals surface area contributed by atoms with E-state index in [0.717, 1.165) is 18.2 Å². The molecule has 1 N–H and O–H groups in total. The van der Waals surface area contributed by atoms with Crippen molar-refractivity contribution < 1.29 is 14.3 Å². The monoisotopic (exact) mass is 355 g/mol. The molecular formula is C20H25N3O3. The minimum atomic E-state index is -0.592. The highest BCUT2D eigenvalue weighted by Crippen LogP contribution is 2.28. The molecule has 0 radical (unpaired) electrons. The molecule has 1 aliphatic rings. The second-order valence-electron chi connectivity index (χ2n) is 6.75. The first-order valence-corrected chi connectivity index (χ1v) is 9.10. The van der Waals surface area contributed by atoms with Crippen LogP contribution in [-0.2, 0) is 9.53 Å². The number of aryl methyl sites for hydroxylation is 1. The lowest BCUT2D eigenvalue weighted by atomic mass is 10.1. The van der Waals surface area contributed by atoms with E-state index in [4.69, 9.17) is 4.74 Å². The quantitative estimate of drug-likeness (QED) is 0.426. The highest BCUT2D eigenvalue weighted by molar-refractivity contribution is 6.43. The lowest BCUT2D eigenvalue weighted by Gasteiger charge is -2.06. The first kappa shape index (κ1) is 18.3. The van der Waals surface area contributed by atoms with Crippen LogP contribution in [0.2, 0.25) is 0 Å². The van der Waals surface area contributed by atoms with E-state index in [1.165, 1.54) is 12.8 Å². The number of hydrogen-bond donors (Lipinski definition) is 1. The van der Waals surface area contributed by atoms with Crippen LogP contribution in [0.3, 0.4) is 0 Å². The third kappa shape index (κ3) is 4.38. The molecule has 1 heterocycles. The fraction of sp³-hybridized carbons (Fsp3) is 0.450. The lowest BCUT2D eigenvalue weighted by molar-refractivity contribution is -0.117. The average molecular weight is 355 g/mol. The average Bonchev–Trinajstić information content (AvgIpc) is 3.42. The number of amides is 1. The summed E-state index contributed by atoms with van der Waals surface area (Å²) < 4.78 is 7.22. The van der Waals surface area contributed by atoms with Gasteiger partial charge >= 0.3 is 0 Å². The molecule has 1 aromatic carbocycles. The van der Waals surface area contributed by atoms with E-state index in [0.29, 0.717) is 36.5 Å². The summed E-state index contributed by atoms with van der Waals surface area (Å²) in [6.07, 6.45) is 3.23. The van der Waals surface area contributed by atoms with Crippen molar-refractivity contribution in [2.75, 3.05) is 19.8 Å². The zero-order valence-corrected chi connectivity index (χ0v) is 15.3. The number of carbonyl (C=O) groups is 2. The van der Waals surface area contributed by atoms with Gasteiger partial charge in [-0.05, 0) is 51.2 Å². The van der Waals surface area contributed by atoms with Crippen molar-refractivity contribution in [3.8, 4) is 5.69 Å². The van der Waals surface area contributed by atoms with Crippen molar-refractivity contribution in [3.05, 3.63) is 47.3 Å². The van der Waals surface area contributed by atoms with Crippen LogP contribution in [-0.4, -0.2) is 41.2 Å². The van der Waals surface area contributed by atoms with Crippen LogP contribution < -0.4 is 5.32 Å². The number of benzene rings is 1. The van der Waals surface area contributed by atoms with Crippen LogP contribution in [0.5, 0.6) is 0 Å². The number of Topliss-reactive ketones (excluding diaryl/α,β-unsaturated/α-hetero) is 1. The van der Waals surface area contributed by atoms with Crippen molar-refractivity contribution in [1.82, 2.24) is 15.1 Å². The molecule has 1 aliphatic carbocycles. The van der Waals surface area contributed by atoms with Crippen molar-refractivity contribution in [2.24, 2.45) is 5.92 Å². The second kappa shape index (κ2) is 8.27. The fourth-order valence-electron chi connectivity index (χ4n) is 2.90. The molecule has 6 nitrogen and oxygen atoms in total. The van der Waals surface area contributed by atoms with E-state index < -0.39 is 11.7 Å². The Morgan fingerprint density at radius 3 is 2.65 bits per heavy atom. The Morgan fingerprint density at radius 1 is 1.23 bits per heavy atom. The Labute approximate surface area is 153 Å². The second-order valence-corrected chi connectivity index (χ2v) is 6.75. The Balaban J connectivity index is 1.56. The minimum absolute atomic E-state index is 0.372. The standard InChI is InChI=1S/C20H25N3O3/c1-14-18(15(2)23(22-14)17-7-4-3-5-8-17)19(24)20(25)21-11-6-12-26-13-16-9-10-16/h3-5,7-8,16H,6,9-13H2,1-2H3,(H,21,25). The van der Waals surface area contributed by atoms with Gasteiger partial charge in [0.15, 0.2) is 0 Å². The number of aromatic nitrogens is 2. The summed E-state index contributed by atoms with van der Waals surface area (Å²) in [7, 11) is 0. The molecule has 1 aromatic heterocycles.